The summed E-state index contributed by atoms with van der Waals surface area (Å²) in [4.78, 5) is 0. The summed E-state index contributed by atoms with van der Waals surface area (Å²) in [6.07, 6.45) is 2.61. The fourth-order valence-electron chi connectivity index (χ4n) is 2.94. The van der Waals surface area contributed by atoms with E-state index in [2.05, 4.69) is 0 Å². The Labute approximate surface area is 151 Å². The van der Waals surface area contributed by atoms with Crippen LogP contribution in [0.1, 0.15) is 45.2 Å². The van der Waals surface area contributed by atoms with Crippen LogP contribution in [-0.2, 0) is 14.8 Å². The second-order valence-electron chi connectivity index (χ2n) is 6.96. The molecule has 7 heteroatoms. The van der Waals surface area contributed by atoms with Crippen molar-refractivity contribution >= 4 is 10.0 Å². The zero-order valence-electron chi connectivity index (χ0n) is 15.7. The molecule has 0 radical (unpaired) electrons. The van der Waals surface area contributed by atoms with Crippen molar-refractivity contribution in [1.82, 2.24) is 4.31 Å². The van der Waals surface area contributed by atoms with Crippen molar-refractivity contribution < 1.29 is 22.6 Å². The van der Waals surface area contributed by atoms with Gasteiger partial charge in [0.1, 0.15) is 17.1 Å². The monoisotopic (exact) mass is 371 g/mol. The summed E-state index contributed by atoms with van der Waals surface area (Å²) >= 11 is 0. The van der Waals surface area contributed by atoms with Gasteiger partial charge in [0.2, 0.25) is 10.0 Å². The summed E-state index contributed by atoms with van der Waals surface area (Å²) in [5.41, 5.74) is 0.408. The Morgan fingerprint density at radius 3 is 2.68 bits per heavy atom. The van der Waals surface area contributed by atoms with Gasteiger partial charge in [-0.05, 0) is 39.0 Å². The van der Waals surface area contributed by atoms with Crippen molar-refractivity contribution in [3.05, 3.63) is 23.8 Å². The van der Waals surface area contributed by atoms with Crippen LogP contribution in [0.4, 0.5) is 0 Å². The van der Waals surface area contributed by atoms with Crippen LogP contribution < -0.4 is 9.47 Å². The molecule has 0 N–H and O–H groups in total. The first-order chi connectivity index (χ1) is 11.6. The van der Waals surface area contributed by atoms with Crippen molar-refractivity contribution in [2.24, 2.45) is 0 Å². The number of benzene rings is 1. The Morgan fingerprint density at radius 2 is 2.04 bits per heavy atom. The SMILES string of the molecule is CCOCCCOc1ccc2c(c1)C(N(C)S(C)(=O)=O)CC(C)(C)O2. The average molecular weight is 371 g/mol. The zero-order valence-corrected chi connectivity index (χ0v) is 16.6. The third kappa shape index (κ3) is 5.33. The van der Waals surface area contributed by atoms with Crippen molar-refractivity contribution in [2.75, 3.05) is 33.1 Å². The summed E-state index contributed by atoms with van der Waals surface area (Å²) in [7, 11) is -1.70. The highest BCUT2D eigenvalue weighted by Gasteiger charge is 2.38. The maximum absolute atomic E-state index is 12.0. The van der Waals surface area contributed by atoms with Crippen LogP contribution in [0.15, 0.2) is 18.2 Å². The molecule has 0 fully saturated rings. The molecule has 0 saturated carbocycles. The third-order valence-electron chi connectivity index (χ3n) is 4.28. The van der Waals surface area contributed by atoms with Gasteiger partial charge in [-0.2, -0.15) is 4.31 Å². The molecule has 0 saturated heterocycles. The summed E-state index contributed by atoms with van der Waals surface area (Å²) in [5, 5.41) is 0. The first kappa shape index (κ1) is 20.0. The molecule has 2 rings (SSSR count). The van der Waals surface area contributed by atoms with Crippen molar-refractivity contribution in [2.45, 2.75) is 45.3 Å². The van der Waals surface area contributed by atoms with Crippen LogP contribution in [-0.4, -0.2) is 51.4 Å². The van der Waals surface area contributed by atoms with Crippen molar-refractivity contribution in [3.8, 4) is 11.5 Å². The standard InChI is InChI=1S/C18H29NO5S/c1-6-22-10-7-11-23-14-8-9-17-15(12-14)16(13-18(2,3)24-17)19(4)25(5,20)21/h8-9,12,16H,6-7,10-11,13H2,1-5H3. The second kappa shape index (κ2) is 7.93. The summed E-state index contributed by atoms with van der Waals surface area (Å²) in [6, 6.07) is 5.33. The lowest BCUT2D eigenvalue weighted by Crippen LogP contribution is -2.41. The van der Waals surface area contributed by atoms with Crippen LogP contribution in [0, 0.1) is 0 Å². The minimum Gasteiger partial charge on any atom is -0.493 e. The van der Waals surface area contributed by atoms with Gasteiger partial charge in [0.05, 0.1) is 18.9 Å². The van der Waals surface area contributed by atoms with Gasteiger partial charge in [-0.15, -0.1) is 0 Å². The average Bonchev–Trinajstić information content (AvgIpc) is 2.52. The molecule has 142 valence electrons. The molecule has 1 aliphatic rings. The first-order valence-electron chi connectivity index (χ1n) is 8.60. The predicted octanol–water partition coefficient (Wildman–Crippen LogP) is 2.99. The van der Waals surface area contributed by atoms with E-state index < -0.39 is 15.6 Å². The first-order valence-corrected chi connectivity index (χ1v) is 10.5. The predicted molar refractivity (Wildman–Crippen MR) is 97.7 cm³/mol. The van der Waals surface area contributed by atoms with E-state index in [1.54, 1.807) is 7.05 Å². The molecule has 1 heterocycles. The Hall–Kier alpha value is -1.31. The Balaban J connectivity index is 2.21. The molecule has 1 aliphatic heterocycles. The van der Waals surface area contributed by atoms with E-state index in [1.165, 1.54) is 10.6 Å². The maximum Gasteiger partial charge on any atom is 0.211 e. The molecule has 0 bridgehead atoms. The van der Waals surface area contributed by atoms with E-state index >= 15 is 0 Å². The van der Waals surface area contributed by atoms with E-state index in [0.29, 0.717) is 37.7 Å². The molecule has 1 unspecified atom stereocenters. The highest BCUT2D eigenvalue weighted by atomic mass is 32.2. The molecule has 6 nitrogen and oxygen atoms in total. The molecule has 0 amide bonds. The molecular weight excluding hydrogens is 342 g/mol. The number of fused-ring (bicyclic) bond motifs is 1. The number of rotatable bonds is 8. The Bertz CT molecular complexity index is 687. The molecule has 25 heavy (non-hydrogen) atoms. The van der Waals surface area contributed by atoms with E-state index in [-0.39, 0.29) is 6.04 Å². The van der Waals surface area contributed by atoms with Gasteiger partial charge in [-0.3, -0.25) is 0 Å². The third-order valence-corrected chi connectivity index (χ3v) is 5.58. The van der Waals surface area contributed by atoms with Gasteiger partial charge in [0, 0.05) is 38.7 Å². The normalized spacial score (nSPS) is 19.4. The summed E-state index contributed by atoms with van der Waals surface area (Å²) in [5.74, 6) is 1.42. The van der Waals surface area contributed by atoms with Crippen molar-refractivity contribution in [3.63, 3.8) is 0 Å². The molecule has 0 aliphatic carbocycles. The summed E-state index contributed by atoms with van der Waals surface area (Å²) < 4.78 is 42.6. The lowest BCUT2D eigenvalue weighted by Gasteiger charge is -2.40. The second-order valence-corrected chi connectivity index (χ2v) is 9.00. The molecule has 1 aromatic rings. The van der Waals surface area contributed by atoms with Crippen LogP contribution in [0.5, 0.6) is 11.5 Å². The van der Waals surface area contributed by atoms with Crippen LogP contribution in [0.2, 0.25) is 0 Å². The van der Waals surface area contributed by atoms with Gasteiger partial charge < -0.3 is 14.2 Å². The van der Waals surface area contributed by atoms with Gasteiger partial charge in [-0.1, -0.05) is 0 Å². The van der Waals surface area contributed by atoms with E-state index in [1.807, 2.05) is 39.0 Å². The largest absolute Gasteiger partial charge is 0.493 e. The fourth-order valence-corrected chi connectivity index (χ4v) is 3.59. The Morgan fingerprint density at radius 1 is 1.32 bits per heavy atom. The highest BCUT2D eigenvalue weighted by molar-refractivity contribution is 7.88. The fraction of sp³-hybridized carbons (Fsp3) is 0.667. The zero-order chi connectivity index (χ0) is 18.7. The minimum atomic E-state index is -3.31. The lowest BCUT2D eigenvalue weighted by atomic mass is 9.89. The van der Waals surface area contributed by atoms with E-state index in [4.69, 9.17) is 14.2 Å². The Kier molecular flexibility index (Phi) is 6.35. The van der Waals surface area contributed by atoms with Gasteiger partial charge in [-0.25, -0.2) is 8.42 Å². The van der Waals surface area contributed by atoms with Gasteiger partial charge in [0.15, 0.2) is 0 Å². The van der Waals surface area contributed by atoms with Crippen LogP contribution >= 0.6 is 0 Å². The topological polar surface area (TPSA) is 65.1 Å². The molecule has 1 aromatic carbocycles. The van der Waals surface area contributed by atoms with Gasteiger partial charge >= 0.3 is 0 Å². The number of hydrogen-bond acceptors (Lipinski definition) is 5. The number of ether oxygens (including phenoxy) is 3. The van der Waals surface area contributed by atoms with Crippen LogP contribution in [0.25, 0.3) is 0 Å². The molecule has 1 atom stereocenters. The molecule has 0 spiro atoms. The van der Waals surface area contributed by atoms with Crippen LogP contribution in [0.3, 0.4) is 0 Å². The quantitative estimate of drug-likeness (QED) is 0.657. The smallest absolute Gasteiger partial charge is 0.211 e. The van der Waals surface area contributed by atoms with Crippen molar-refractivity contribution in [1.29, 1.82) is 0 Å². The highest BCUT2D eigenvalue weighted by Crippen LogP contribution is 2.44. The lowest BCUT2D eigenvalue weighted by molar-refractivity contribution is 0.0539. The van der Waals surface area contributed by atoms with Gasteiger partial charge in [0.25, 0.3) is 0 Å². The summed E-state index contributed by atoms with van der Waals surface area (Å²) in [6.45, 7) is 7.82. The number of nitrogens with zero attached hydrogens (tertiary/aromatic N) is 1. The van der Waals surface area contributed by atoms with E-state index in [9.17, 15) is 8.42 Å². The number of hydrogen-bond donors (Lipinski definition) is 0. The minimum absolute atomic E-state index is 0.277. The molecule has 0 aromatic heterocycles. The van der Waals surface area contributed by atoms with E-state index in [0.717, 1.165) is 12.0 Å². The maximum atomic E-state index is 12.0. The molecular formula is C18H29NO5S. The number of sulfonamides is 1.